The molecule has 0 unspecified atom stereocenters. The van der Waals surface area contributed by atoms with Crippen LogP contribution in [0.15, 0.2) is 82.0 Å². The van der Waals surface area contributed by atoms with Crippen LogP contribution in [-0.2, 0) is 4.79 Å². The molecule has 0 spiro atoms. The minimum absolute atomic E-state index is 0.0249. The molecule has 0 amide bonds. The van der Waals surface area contributed by atoms with Crippen molar-refractivity contribution in [3.05, 3.63) is 88.8 Å². The van der Waals surface area contributed by atoms with Crippen molar-refractivity contribution in [1.82, 2.24) is 0 Å². The number of hydrogen-bond acceptors (Lipinski definition) is 5. The van der Waals surface area contributed by atoms with E-state index in [9.17, 15) is 19.8 Å². The van der Waals surface area contributed by atoms with E-state index in [2.05, 4.69) is 0 Å². The van der Waals surface area contributed by atoms with Crippen molar-refractivity contribution in [2.24, 2.45) is 0 Å². The van der Waals surface area contributed by atoms with Crippen molar-refractivity contribution in [2.45, 2.75) is 0 Å². The van der Waals surface area contributed by atoms with Gasteiger partial charge in [0.2, 0.25) is 0 Å². The summed E-state index contributed by atoms with van der Waals surface area (Å²) in [6, 6.07) is 17.8. The fourth-order valence-corrected chi connectivity index (χ4v) is 3.31. The van der Waals surface area contributed by atoms with Crippen molar-refractivity contribution < 1.29 is 24.5 Å². The van der Waals surface area contributed by atoms with Crippen molar-refractivity contribution in [3.8, 4) is 33.8 Å². The quantitative estimate of drug-likeness (QED) is 0.340. The monoisotopic (exact) mass is 400 g/mol. The number of hydrogen-bond donors (Lipinski definition) is 3. The van der Waals surface area contributed by atoms with Gasteiger partial charge in [-0.15, -0.1) is 0 Å². The van der Waals surface area contributed by atoms with Gasteiger partial charge in [-0.2, -0.15) is 0 Å². The number of carboxylic acid groups (broad SMARTS) is 1. The Morgan fingerprint density at radius 2 is 1.40 bits per heavy atom. The Hall–Kier alpha value is -4.32. The van der Waals surface area contributed by atoms with Gasteiger partial charge in [0.15, 0.2) is 0 Å². The highest BCUT2D eigenvalue weighted by molar-refractivity contribution is 6.01. The normalized spacial score (nSPS) is 11.2. The van der Waals surface area contributed by atoms with E-state index in [0.717, 1.165) is 6.08 Å². The van der Waals surface area contributed by atoms with E-state index in [1.807, 2.05) is 0 Å². The Labute approximate surface area is 170 Å². The number of rotatable bonds is 4. The molecule has 0 radical (unpaired) electrons. The minimum Gasteiger partial charge on any atom is -0.508 e. The fraction of sp³-hybridized carbons (Fsp3) is 0. The SMILES string of the molecule is O=C(O)C=Cc1ccc(-c2c(-c3ccc(O)cc3)c(=O)oc3cc(O)ccc23)cc1. The smallest absolute Gasteiger partial charge is 0.344 e. The average molecular weight is 400 g/mol. The second kappa shape index (κ2) is 7.60. The number of carbonyl (C=O) groups is 1. The van der Waals surface area contributed by atoms with Crippen molar-refractivity contribution in [3.63, 3.8) is 0 Å². The number of aliphatic carboxylic acids is 1. The maximum atomic E-state index is 12.9. The summed E-state index contributed by atoms with van der Waals surface area (Å²) in [4.78, 5) is 23.6. The molecule has 3 aromatic carbocycles. The van der Waals surface area contributed by atoms with Gasteiger partial charge in [-0.25, -0.2) is 9.59 Å². The molecule has 0 bridgehead atoms. The molecule has 0 saturated carbocycles. The van der Waals surface area contributed by atoms with Gasteiger partial charge < -0.3 is 19.7 Å². The lowest BCUT2D eigenvalue weighted by atomic mass is 9.92. The summed E-state index contributed by atoms with van der Waals surface area (Å²) in [5.41, 5.74) is 2.58. The van der Waals surface area contributed by atoms with Crippen LogP contribution in [-0.4, -0.2) is 21.3 Å². The first-order chi connectivity index (χ1) is 14.4. The molecular formula is C24H16O6. The largest absolute Gasteiger partial charge is 0.508 e. The zero-order valence-electron chi connectivity index (χ0n) is 15.6. The second-order valence-corrected chi connectivity index (χ2v) is 6.66. The topological polar surface area (TPSA) is 108 Å². The summed E-state index contributed by atoms with van der Waals surface area (Å²) in [6.45, 7) is 0. The molecule has 3 N–H and O–H groups in total. The summed E-state index contributed by atoms with van der Waals surface area (Å²) >= 11 is 0. The molecule has 0 atom stereocenters. The molecule has 148 valence electrons. The number of carboxylic acids is 1. The van der Waals surface area contributed by atoms with Crippen LogP contribution in [0, 0.1) is 0 Å². The predicted molar refractivity (Wildman–Crippen MR) is 113 cm³/mol. The number of benzene rings is 3. The van der Waals surface area contributed by atoms with Crippen LogP contribution in [0.5, 0.6) is 11.5 Å². The molecule has 1 aromatic heterocycles. The maximum Gasteiger partial charge on any atom is 0.344 e. The molecule has 30 heavy (non-hydrogen) atoms. The molecular weight excluding hydrogens is 384 g/mol. The first-order valence-electron chi connectivity index (χ1n) is 9.03. The van der Waals surface area contributed by atoms with Gasteiger partial charge >= 0.3 is 11.6 Å². The van der Waals surface area contributed by atoms with Crippen LogP contribution >= 0.6 is 0 Å². The van der Waals surface area contributed by atoms with E-state index in [1.165, 1.54) is 30.3 Å². The molecule has 6 heteroatoms. The lowest BCUT2D eigenvalue weighted by molar-refractivity contribution is -0.131. The summed E-state index contributed by atoms with van der Waals surface area (Å²) in [7, 11) is 0. The lowest BCUT2D eigenvalue weighted by Crippen LogP contribution is -2.06. The highest BCUT2D eigenvalue weighted by atomic mass is 16.4. The molecule has 0 aliphatic carbocycles. The van der Waals surface area contributed by atoms with Gasteiger partial charge in [0.1, 0.15) is 17.1 Å². The van der Waals surface area contributed by atoms with Crippen LogP contribution in [0.25, 0.3) is 39.3 Å². The van der Waals surface area contributed by atoms with Gasteiger partial charge in [-0.1, -0.05) is 36.4 Å². The molecule has 4 aromatic rings. The minimum atomic E-state index is -1.04. The van der Waals surface area contributed by atoms with Gasteiger partial charge in [-0.3, -0.25) is 0 Å². The summed E-state index contributed by atoms with van der Waals surface area (Å²) in [6.07, 6.45) is 2.52. The highest BCUT2D eigenvalue weighted by Gasteiger charge is 2.18. The summed E-state index contributed by atoms with van der Waals surface area (Å²) < 4.78 is 5.45. The van der Waals surface area contributed by atoms with Crippen molar-refractivity contribution in [2.75, 3.05) is 0 Å². The first kappa shape index (κ1) is 19.0. The third-order valence-corrected chi connectivity index (χ3v) is 4.67. The molecule has 6 nitrogen and oxygen atoms in total. The van der Waals surface area contributed by atoms with E-state index in [0.29, 0.717) is 33.2 Å². The van der Waals surface area contributed by atoms with Crippen LogP contribution in [0.2, 0.25) is 0 Å². The number of aromatic hydroxyl groups is 2. The zero-order chi connectivity index (χ0) is 21.3. The second-order valence-electron chi connectivity index (χ2n) is 6.66. The predicted octanol–water partition coefficient (Wildman–Crippen LogP) is 4.64. The Bertz CT molecular complexity index is 1330. The maximum absolute atomic E-state index is 12.9. The number of phenols is 2. The third kappa shape index (κ3) is 3.66. The van der Waals surface area contributed by atoms with E-state index in [4.69, 9.17) is 9.52 Å². The fourth-order valence-electron chi connectivity index (χ4n) is 3.31. The molecule has 4 rings (SSSR count). The van der Waals surface area contributed by atoms with Crippen molar-refractivity contribution in [1.29, 1.82) is 0 Å². The zero-order valence-corrected chi connectivity index (χ0v) is 15.6. The van der Waals surface area contributed by atoms with Crippen LogP contribution in [0.4, 0.5) is 0 Å². The molecule has 0 fully saturated rings. The van der Waals surface area contributed by atoms with Crippen LogP contribution < -0.4 is 5.63 Å². The van der Waals surface area contributed by atoms with E-state index >= 15 is 0 Å². The average Bonchev–Trinajstić information content (AvgIpc) is 2.72. The van der Waals surface area contributed by atoms with E-state index < -0.39 is 11.6 Å². The van der Waals surface area contributed by atoms with Crippen molar-refractivity contribution >= 4 is 23.0 Å². The Morgan fingerprint density at radius 3 is 2.07 bits per heavy atom. The van der Waals surface area contributed by atoms with Gasteiger partial charge in [0.25, 0.3) is 0 Å². The number of fused-ring (bicyclic) bond motifs is 1. The van der Waals surface area contributed by atoms with Gasteiger partial charge in [0, 0.05) is 23.1 Å². The Kier molecular flexibility index (Phi) is 4.82. The van der Waals surface area contributed by atoms with Gasteiger partial charge in [-0.05, 0) is 47.0 Å². The Balaban J connectivity index is 1.98. The molecule has 0 aliphatic heterocycles. The van der Waals surface area contributed by atoms with Crippen LogP contribution in [0.1, 0.15) is 5.56 Å². The summed E-state index contributed by atoms with van der Waals surface area (Å²) in [5, 5.41) is 28.8. The standard InChI is InChI=1S/C24H16O6/c25-17-8-6-16(7-9-17)23-22(15-4-1-14(2-5-15)3-12-21(27)28)19-11-10-18(26)13-20(19)30-24(23)29/h1-13,25-26H,(H,27,28). The first-order valence-corrected chi connectivity index (χ1v) is 9.03. The van der Waals surface area contributed by atoms with E-state index in [-0.39, 0.29) is 17.1 Å². The van der Waals surface area contributed by atoms with E-state index in [1.54, 1.807) is 42.5 Å². The van der Waals surface area contributed by atoms with Gasteiger partial charge in [0.05, 0.1) is 5.56 Å². The number of phenolic OH excluding ortho intramolecular Hbond substituents is 2. The highest BCUT2D eigenvalue weighted by Crippen LogP contribution is 2.37. The summed E-state index contributed by atoms with van der Waals surface area (Å²) in [5.74, 6) is -0.992. The van der Waals surface area contributed by atoms with Crippen LogP contribution in [0.3, 0.4) is 0 Å². The Morgan fingerprint density at radius 1 is 0.800 bits per heavy atom. The molecule has 1 heterocycles. The third-order valence-electron chi connectivity index (χ3n) is 4.67. The molecule has 0 saturated heterocycles. The molecule has 0 aliphatic rings. The lowest BCUT2D eigenvalue weighted by Gasteiger charge is -2.13.